The largest absolute Gasteiger partial charge is 0.445 e. The van der Waals surface area contributed by atoms with Gasteiger partial charge >= 0.3 is 6.09 Å². The van der Waals surface area contributed by atoms with E-state index in [2.05, 4.69) is 0 Å². The third-order valence-electron chi connectivity index (χ3n) is 5.25. The van der Waals surface area contributed by atoms with Crippen molar-refractivity contribution in [1.82, 2.24) is 9.80 Å². The van der Waals surface area contributed by atoms with Crippen LogP contribution in [0.1, 0.15) is 39.2 Å². The van der Waals surface area contributed by atoms with Crippen molar-refractivity contribution >= 4 is 12.0 Å². The highest BCUT2D eigenvalue weighted by Gasteiger charge is 2.28. The zero-order valence-corrected chi connectivity index (χ0v) is 16.8. The molecule has 2 rings (SSSR count). The number of carbonyl (C=O) groups is 2. The smallest absolute Gasteiger partial charge is 0.410 e. The van der Waals surface area contributed by atoms with Gasteiger partial charge in [-0.3, -0.25) is 4.79 Å². The van der Waals surface area contributed by atoms with Crippen molar-refractivity contribution in [3.05, 3.63) is 35.9 Å². The van der Waals surface area contributed by atoms with Gasteiger partial charge in [0.15, 0.2) is 0 Å². The van der Waals surface area contributed by atoms with Crippen LogP contribution in [-0.2, 0) is 16.1 Å². The van der Waals surface area contributed by atoms with Crippen LogP contribution < -0.4 is 5.73 Å². The lowest BCUT2D eigenvalue weighted by atomic mass is 9.95. The van der Waals surface area contributed by atoms with E-state index in [4.69, 9.17) is 10.5 Å². The minimum atomic E-state index is -0.446. The third-order valence-corrected chi connectivity index (χ3v) is 5.25. The van der Waals surface area contributed by atoms with E-state index < -0.39 is 6.04 Å². The van der Waals surface area contributed by atoms with E-state index in [-0.39, 0.29) is 17.9 Å². The van der Waals surface area contributed by atoms with Crippen LogP contribution in [0.15, 0.2) is 30.3 Å². The van der Waals surface area contributed by atoms with Gasteiger partial charge in [-0.05, 0) is 37.2 Å². The molecule has 1 atom stereocenters. The van der Waals surface area contributed by atoms with Crippen LogP contribution in [0.3, 0.4) is 0 Å². The van der Waals surface area contributed by atoms with E-state index in [1.54, 1.807) is 4.90 Å². The lowest BCUT2D eigenvalue weighted by Crippen LogP contribution is -2.49. The maximum atomic E-state index is 12.5. The van der Waals surface area contributed by atoms with E-state index >= 15 is 0 Å². The Labute approximate surface area is 162 Å². The maximum absolute atomic E-state index is 12.5. The molecule has 0 aliphatic carbocycles. The number of nitrogens with two attached hydrogens (primary N) is 1. The predicted molar refractivity (Wildman–Crippen MR) is 106 cm³/mol. The number of ether oxygens (including phenoxy) is 1. The fourth-order valence-electron chi connectivity index (χ4n) is 3.29. The van der Waals surface area contributed by atoms with Crippen molar-refractivity contribution < 1.29 is 14.3 Å². The van der Waals surface area contributed by atoms with Crippen molar-refractivity contribution in [1.29, 1.82) is 0 Å². The lowest BCUT2D eigenvalue weighted by Gasteiger charge is -2.35. The van der Waals surface area contributed by atoms with Crippen LogP contribution in [-0.4, -0.2) is 54.0 Å². The molecule has 6 nitrogen and oxygen atoms in total. The number of likely N-dealkylation sites (tertiary alicyclic amines) is 1. The summed E-state index contributed by atoms with van der Waals surface area (Å²) < 4.78 is 5.41. The monoisotopic (exact) mass is 375 g/mol. The zero-order chi connectivity index (χ0) is 19.8. The average molecular weight is 376 g/mol. The first-order valence-corrected chi connectivity index (χ1v) is 9.92. The molecule has 0 radical (unpaired) electrons. The second kappa shape index (κ2) is 10.3. The summed E-state index contributed by atoms with van der Waals surface area (Å²) in [6.45, 7) is 8.93. The first-order chi connectivity index (χ1) is 12.9. The maximum Gasteiger partial charge on any atom is 0.410 e. The Morgan fingerprint density at radius 1 is 1.22 bits per heavy atom. The number of piperidine rings is 1. The topological polar surface area (TPSA) is 75.9 Å². The zero-order valence-electron chi connectivity index (χ0n) is 16.8. The Kier molecular flexibility index (Phi) is 8.10. The first-order valence-electron chi connectivity index (χ1n) is 9.92. The molecule has 0 spiro atoms. The summed E-state index contributed by atoms with van der Waals surface area (Å²) >= 11 is 0. The number of hydrogen-bond donors (Lipinski definition) is 1. The highest BCUT2D eigenvalue weighted by atomic mass is 16.6. The summed E-state index contributed by atoms with van der Waals surface area (Å²) in [5.41, 5.74) is 7.01. The Morgan fingerprint density at radius 2 is 1.85 bits per heavy atom. The van der Waals surface area contributed by atoms with Gasteiger partial charge in [-0.1, -0.05) is 44.2 Å². The quantitative estimate of drug-likeness (QED) is 0.795. The van der Waals surface area contributed by atoms with Crippen molar-refractivity contribution in [3.63, 3.8) is 0 Å². The number of amides is 2. The summed E-state index contributed by atoms with van der Waals surface area (Å²) in [6.07, 6.45) is 1.49. The molecule has 1 heterocycles. The van der Waals surface area contributed by atoms with E-state index in [1.165, 1.54) is 0 Å². The number of rotatable bonds is 7. The first kappa shape index (κ1) is 21.2. The Morgan fingerprint density at radius 3 is 2.41 bits per heavy atom. The number of carbonyl (C=O) groups excluding carboxylic acids is 2. The van der Waals surface area contributed by atoms with E-state index in [0.717, 1.165) is 18.4 Å². The summed E-state index contributed by atoms with van der Waals surface area (Å²) in [4.78, 5) is 28.4. The van der Waals surface area contributed by atoms with Crippen LogP contribution in [0.2, 0.25) is 0 Å². The number of hydrogen-bond acceptors (Lipinski definition) is 4. The number of benzene rings is 1. The second-order valence-corrected chi connectivity index (χ2v) is 7.62. The van der Waals surface area contributed by atoms with E-state index in [9.17, 15) is 9.59 Å². The minimum Gasteiger partial charge on any atom is -0.445 e. The summed E-state index contributed by atoms with van der Waals surface area (Å²) in [5.74, 6) is 0.552. The molecule has 1 aromatic carbocycles. The molecule has 1 unspecified atom stereocenters. The standard InChI is InChI=1S/C21H33N3O3/c1-4-23(20(25)19(22)16(2)3)14-17-10-12-24(13-11-17)21(26)27-15-18-8-6-5-7-9-18/h5-9,16-17,19H,4,10-15,22H2,1-3H3. The normalized spacial score (nSPS) is 16.3. The van der Waals surface area contributed by atoms with Crippen LogP contribution in [0.4, 0.5) is 4.79 Å². The summed E-state index contributed by atoms with van der Waals surface area (Å²) in [5, 5.41) is 0. The molecule has 0 bridgehead atoms. The highest BCUT2D eigenvalue weighted by molar-refractivity contribution is 5.81. The van der Waals surface area contributed by atoms with Crippen molar-refractivity contribution in [2.24, 2.45) is 17.6 Å². The Balaban J connectivity index is 1.77. The van der Waals surface area contributed by atoms with Crippen LogP contribution in [0.5, 0.6) is 0 Å². The van der Waals surface area contributed by atoms with Crippen molar-refractivity contribution in [3.8, 4) is 0 Å². The fourth-order valence-corrected chi connectivity index (χ4v) is 3.29. The third kappa shape index (κ3) is 6.24. The molecule has 2 N–H and O–H groups in total. The molecular formula is C21H33N3O3. The molecule has 27 heavy (non-hydrogen) atoms. The molecule has 0 aromatic heterocycles. The van der Waals surface area contributed by atoms with Gasteiger partial charge in [0.25, 0.3) is 0 Å². The van der Waals surface area contributed by atoms with E-state index in [1.807, 2.05) is 56.0 Å². The van der Waals surface area contributed by atoms with Gasteiger partial charge in [0.1, 0.15) is 6.61 Å². The van der Waals surface area contributed by atoms with Crippen LogP contribution in [0.25, 0.3) is 0 Å². The number of likely N-dealkylation sites (N-methyl/N-ethyl adjacent to an activating group) is 1. The van der Waals surface area contributed by atoms with Crippen molar-refractivity contribution in [2.75, 3.05) is 26.2 Å². The molecule has 2 amide bonds. The van der Waals surface area contributed by atoms with Gasteiger partial charge in [0.2, 0.25) is 5.91 Å². The van der Waals surface area contributed by atoms with Crippen LogP contribution in [0, 0.1) is 11.8 Å². The molecule has 1 aliphatic heterocycles. The highest BCUT2D eigenvalue weighted by Crippen LogP contribution is 2.20. The summed E-state index contributed by atoms with van der Waals surface area (Å²) in [6, 6.07) is 9.24. The molecule has 1 aromatic rings. The van der Waals surface area contributed by atoms with Gasteiger partial charge in [0, 0.05) is 26.2 Å². The predicted octanol–water partition coefficient (Wildman–Crippen LogP) is 2.87. The average Bonchev–Trinajstić information content (AvgIpc) is 2.70. The van der Waals surface area contributed by atoms with E-state index in [0.29, 0.717) is 38.7 Å². The van der Waals surface area contributed by atoms with Gasteiger partial charge in [-0.2, -0.15) is 0 Å². The van der Waals surface area contributed by atoms with Gasteiger partial charge in [-0.15, -0.1) is 0 Å². The SMILES string of the molecule is CCN(CC1CCN(C(=O)OCc2ccccc2)CC1)C(=O)C(N)C(C)C. The molecular weight excluding hydrogens is 342 g/mol. The summed E-state index contributed by atoms with van der Waals surface area (Å²) in [7, 11) is 0. The number of nitrogens with zero attached hydrogens (tertiary/aromatic N) is 2. The van der Waals surface area contributed by atoms with Crippen molar-refractivity contribution in [2.45, 2.75) is 46.3 Å². The molecule has 6 heteroatoms. The Hall–Kier alpha value is -2.08. The fraction of sp³-hybridized carbons (Fsp3) is 0.619. The van der Waals surface area contributed by atoms with Gasteiger partial charge in [-0.25, -0.2) is 4.79 Å². The second-order valence-electron chi connectivity index (χ2n) is 7.62. The molecule has 150 valence electrons. The van der Waals surface area contributed by atoms with Crippen LogP contribution >= 0.6 is 0 Å². The molecule has 1 aliphatic rings. The van der Waals surface area contributed by atoms with Gasteiger partial charge in [0.05, 0.1) is 6.04 Å². The molecule has 1 fully saturated rings. The molecule has 0 saturated carbocycles. The molecule has 1 saturated heterocycles. The minimum absolute atomic E-state index is 0.0252. The van der Waals surface area contributed by atoms with Gasteiger partial charge < -0.3 is 20.3 Å². The Bertz CT molecular complexity index is 598. The lowest BCUT2D eigenvalue weighted by molar-refractivity contribution is -0.134.